The van der Waals surface area contributed by atoms with Gasteiger partial charge in [-0.15, -0.1) is 0 Å². The average molecular weight is 272 g/mol. The van der Waals surface area contributed by atoms with E-state index >= 15 is 0 Å². The molecule has 1 aromatic carbocycles. The van der Waals surface area contributed by atoms with Gasteiger partial charge in [0.25, 0.3) is 0 Å². The Hall–Kier alpha value is -2.23. The van der Waals surface area contributed by atoms with Crippen LogP contribution in [0, 0.1) is 0 Å². The molecule has 106 valence electrons. The fourth-order valence-electron chi connectivity index (χ4n) is 1.89. The first-order valence-electron chi connectivity index (χ1n) is 6.87. The molecule has 0 saturated heterocycles. The van der Waals surface area contributed by atoms with Gasteiger partial charge in [0.15, 0.2) is 0 Å². The van der Waals surface area contributed by atoms with Gasteiger partial charge in [-0.1, -0.05) is 12.1 Å². The normalized spacial score (nSPS) is 10.1. The average Bonchev–Trinajstić information content (AvgIpc) is 2.47. The summed E-state index contributed by atoms with van der Waals surface area (Å²) in [5.74, 6) is 1.53. The lowest BCUT2D eigenvalue weighted by atomic mass is 10.2. The van der Waals surface area contributed by atoms with E-state index in [2.05, 4.69) is 16.4 Å². The van der Waals surface area contributed by atoms with Crippen LogP contribution in [0.25, 0.3) is 0 Å². The molecule has 0 spiro atoms. The Morgan fingerprint density at radius 3 is 2.70 bits per heavy atom. The Morgan fingerprint density at radius 1 is 1.05 bits per heavy atom. The zero-order valence-electron chi connectivity index (χ0n) is 11.9. The highest BCUT2D eigenvalue weighted by Gasteiger charge is 2.04. The Labute approximate surface area is 119 Å². The summed E-state index contributed by atoms with van der Waals surface area (Å²) >= 11 is 0. The second-order valence-corrected chi connectivity index (χ2v) is 4.22. The maximum Gasteiger partial charge on any atom is 0.237 e. The van der Waals surface area contributed by atoms with E-state index in [0.29, 0.717) is 25.6 Å². The Kier molecular flexibility index (Phi) is 5.24. The fourth-order valence-corrected chi connectivity index (χ4v) is 1.89. The molecule has 0 aliphatic heterocycles. The molecule has 0 amide bonds. The minimum Gasteiger partial charge on any atom is -0.494 e. The van der Waals surface area contributed by atoms with Gasteiger partial charge in [-0.2, -0.15) is 0 Å². The molecule has 0 fully saturated rings. The summed E-state index contributed by atoms with van der Waals surface area (Å²) in [5.41, 5.74) is 2.05. The second kappa shape index (κ2) is 7.38. The Balaban J connectivity index is 2.03. The largest absolute Gasteiger partial charge is 0.494 e. The highest BCUT2D eigenvalue weighted by atomic mass is 16.5. The molecule has 20 heavy (non-hydrogen) atoms. The van der Waals surface area contributed by atoms with Crippen LogP contribution in [0.15, 0.2) is 42.6 Å². The van der Waals surface area contributed by atoms with E-state index < -0.39 is 0 Å². The first kappa shape index (κ1) is 14.2. The van der Waals surface area contributed by atoms with Crippen LogP contribution in [-0.2, 0) is 6.54 Å². The second-order valence-electron chi connectivity index (χ2n) is 4.22. The topological polar surface area (TPSA) is 43.4 Å². The molecule has 1 N–H and O–H groups in total. The van der Waals surface area contributed by atoms with Crippen LogP contribution in [0.5, 0.6) is 11.6 Å². The predicted octanol–water partition coefficient (Wildman–Crippen LogP) is 3.49. The molecule has 0 atom stereocenters. The van der Waals surface area contributed by atoms with Gasteiger partial charge >= 0.3 is 0 Å². The molecular formula is C16H20N2O2. The van der Waals surface area contributed by atoms with Crippen LogP contribution >= 0.6 is 0 Å². The maximum atomic E-state index is 5.50. The molecule has 4 heteroatoms. The van der Waals surface area contributed by atoms with Crippen molar-refractivity contribution in [3.8, 4) is 11.6 Å². The van der Waals surface area contributed by atoms with E-state index in [-0.39, 0.29) is 0 Å². The molecule has 0 saturated carbocycles. The summed E-state index contributed by atoms with van der Waals surface area (Å²) in [7, 11) is 0. The third-order valence-electron chi connectivity index (χ3n) is 2.74. The lowest BCUT2D eigenvalue weighted by Gasteiger charge is -2.11. The summed E-state index contributed by atoms with van der Waals surface area (Å²) in [6, 6.07) is 11.9. The van der Waals surface area contributed by atoms with Crippen molar-refractivity contribution in [2.24, 2.45) is 0 Å². The molecule has 0 unspecified atom stereocenters. The third-order valence-corrected chi connectivity index (χ3v) is 2.74. The van der Waals surface area contributed by atoms with Crippen molar-refractivity contribution in [2.45, 2.75) is 20.4 Å². The summed E-state index contributed by atoms with van der Waals surface area (Å²) in [4.78, 5) is 4.22. The van der Waals surface area contributed by atoms with Crippen LogP contribution in [0.1, 0.15) is 19.4 Å². The van der Waals surface area contributed by atoms with Gasteiger partial charge < -0.3 is 14.8 Å². The van der Waals surface area contributed by atoms with Gasteiger partial charge in [0.1, 0.15) is 5.75 Å². The molecule has 4 nitrogen and oxygen atoms in total. The fraction of sp³-hybridized carbons (Fsp3) is 0.312. The summed E-state index contributed by atoms with van der Waals surface area (Å²) < 4.78 is 11.0. The highest BCUT2D eigenvalue weighted by Crippen LogP contribution is 2.22. The molecule has 0 aliphatic rings. The van der Waals surface area contributed by atoms with E-state index in [0.717, 1.165) is 17.0 Å². The first-order valence-corrected chi connectivity index (χ1v) is 6.87. The minimum absolute atomic E-state index is 0.603. The van der Waals surface area contributed by atoms with Crippen LogP contribution in [0.3, 0.4) is 0 Å². The van der Waals surface area contributed by atoms with E-state index in [4.69, 9.17) is 9.47 Å². The number of pyridine rings is 1. The molecule has 0 radical (unpaired) electrons. The van der Waals surface area contributed by atoms with Gasteiger partial charge in [0.05, 0.1) is 18.9 Å². The highest BCUT2D eigenvalue weighted by molar-refractivity contribution is 5.52. The maximum absolute atomic E-state index is 5.50. The van der Waals surface area contributed by atoms with E-state index in [9.17, 15) is 0 Å². The molecule has 1 aromatic heterocycles. The number of ether oxygens (including phenoxy) is 2. The van der Waals surface area contributed by atoms with Crippen molar-refractivity contribution in [1.29, 1.82) is 0 Å². The van der Waals surface area contributed by atoms with E-state index in [1.54, 1.807) is 6.20 Å². The molecule has 2 rings (SSSR count). The SMILES string of the molecule is CCOc1cccc(CNc2cccnc2OCC)c1. The number of anilines is 1. The number of hydrogen-bond acceptors (Lipinski definition) is 4. The molecule has 2 aromatic rings. The zero-order chi connectivity index (χ0) is 14.2. The minimum atomic E-state index is 0.603. The Morgan fingerprint density at radius 2 is 1.90 bits per heavy atom. The van der Waals surface area contributed by atoms with Crippen LogP contribution in [0.4, 0.5) is 5.69 Å². The smallest absolute Gasteiger partial charge is 0.237 e. The van der Waals surface area contributed by atoms with E-state index in [1.807, 2.05) is 44.2 Å². The number of nitrogens with one attached hydrogen (secondary N) is 1. The lowest BCUT2D eigenvalue weighted by Crippen LogP contribution is -2.04. The predicted molar refractivity (Wildman–Crippen MR) is 80.3 cm³/mol. The van der Waals surface area contributed by atoms with Gasteiger partial charge in [0, 0.05) is 12.7 Å². The van der Waals surface area contributed by atoms with Crippen LogP contribution in [0.2, 0.25) is 0 Å². The number of aromatic nitrogens is 1. The van der Waals surface area contributed by atoms with Crippen molar-refractivity contribution in [2.75, 3.05) is 18.5 Å². The van der Waals surface area contributed by atoms with Gasteiger partial charge in [-0.3, -0.25) is 0 Å². The van der Waals surface area contributed by atoms with Crippen molar-refractivity contribution < 1.29 is 9.47 Å². The number of hydrogen-bond donors (Lipinski definition) is 1. The number of benzene rings is 1. The van der Waals surface area contributed by atoms with Crippen LogP contribution < -0.4 is 14.8 Å². The van der Waals surface area contributed by atoms with Crippen LogP contribution in [-0.4, -0.2) is 18.2 Å². The molecule has 0 bridgehead atoms. The van der Waals surface area contributed by atoms with Crippen molar-refractivity contribution in [1.82, 2.24) is 4.98 Å². The van der Waals surface area contributed by atoms with Crippen molar-refractivity contribution >= 4 is 5.69 Å². The van der Waals surface area contributed by atoms with Gasteiger partial charge in [-0.05, 0) is 43.7 Å². The number of rotatable bonds is 7. The molecular weight excluding hydrogens is 252 g/mol. The quantitative estimate of drug-likeness (QED) is 0.838. The zero-order valence-corrected chi connectivity index (χ0v) is 11.9. The van der Waals surface area contributed by atoms with Crippen molar-refractivity contribution in [3.63, 3.8) is 0 Å². The standard InChI is InChI=1S/C16H20N2O2/c1-3-19-14-8-5-7-13(11-14)12-18-15-9-6-10-17-16(15)20-4-2/h5-11,18H,3-4,12H2,1-2H3. The molecule has 0 aliphatic carbocycles. The lowest BCUT2D eigenvalue weighted by molar-refractivity contribution is 0.328. The summed E-state index contributed by atoms with van der Waals surface area (Å²) in [6.07, 6.45) is 1.73. The summed E-state index contributed by atoms with van der Waals surface area (Å²) in [6.45, 7) is 5.91. The van der Waals surface area contributed by atoms with E-state index in [1.165, 1.54) is 0 Å². The van der Waals surface area contributed by atoms with Gasteiger partial charge in [-0.25, -0.2) is 4.98 Å². The molecule has 1 heterocycles. The van der Waals surface area contributed by atoms with Gasteiger partial charge in [0.2, 0.25) is 5.88 Å². The van der Waals surface area contributed by atoms with Crippen molar-refractivity contribution in [3.05, 3.63) is 48.2 Å². The third kappa shape index (κ3) is 3.88. The monoisotopic (exact) mass is 272 g/mol. The number of nitrogens with zero attached hydrogens (tertiary/aromatic N) is 1. The Bertz CT molecular complexity index is 544. The summed E-state index contributed by atoms with van der Waals surface area (Å²) in [5, 5.41) is 3.34. The first-order chi connectivity index (χ1) is 9.83.